The van der Waals surface area contributed by atoms with Crippen molar-refractivity contribution < 1.29 is 4.74 Å². The van der Waals surface area contributed by atoms with Crippen LogP contribution in [0.25, 0.3) is 11.3 Å². The van der Waals surface area contributed by atoms with Gasteiger partial charge in [-0.1, -0.05) is 13.8 Å². The largest absolute Gasteiger partial charge is 0.495 e. The minimum Gasteiger partial charge on any atom is -0.495 e. The molecule has 0 saturated heterocycles. The van der Waals surface area contributed by atoms with Crippen LogP contribution < -0.4 is 4.74 Å². The third-order valence-corrected chi connectivity index (χ3v) is 2.70. The van der Waals surface area contributed by atoms with E-state index in [1.807, 2.05) is 18.3 Å². The number of aromatic nitrogens is 2. The molecule has 2 aromatic heterocycles. The van der Waals surface area contributed by atoms with Crippen LogP contribution in [0.15, 0.2) is 36.8 Å². The van der Waals surface area contributed by atoms with Crippen LogP contribution in [-0.4, -0.2) is 17.1 Å². The number of nitrogens with zero attached hydrogens (tertiary/aromatic N) is 2. The summed E-state index contributed by atoms with van der Waals surface area (Å²) in [6.07, 6.45) is 5.33. The van der Waals surface area contributed by atoms with Gasteiger partial charge >= 0.3 is 0 Å². The standard InChI is InChI=1S/C14H16N2O/c1-10(2)11-4-5-16-14(7-11)12-6-13(17-3)9-15-8-12/h4-10H,1-3H3. The quantitative estimate of drug-likeness (QED) is 0.808. The molecule has 0 amide bonds. The van der Waals surface area contributed by atoms with E-state index in [4.69, 9.17) is 4.74 Å². The Labute approximate surface area is 102 Å². The topological polar surface area (TPSA) is 35.0 Å². The average molecular weight is 228 g/mol. The number of ether oxygens (including phenoxy) is 1. The highest BCUT2D eigenvalue weighted by Crippen LogP contribution is 2.23. The van der Waals surface area contributed by atoms with E-state index in [1.54, 1.807) is 19.5 Å². The minimum absolute atomic E-state index is 0.496. The Morgan fingerprint density at radius 2 is 2.00 bits per heavy atom. The normalized spacial score (nSPS) is 10.6. The Hall–Kier alpha value is -1.90. The summed E-state index contributed by atoms with van der Waals surface area (Å²) in [5.74, 6) is 1.24. The maximum atomic E-state index is 5.16. The molecule has 2 aromatic rings. The van der Waals surface area contributed by atoms with E-state index in [9.17, 15) is 0 Å². The number of rotatable bonds is 3. The molecule has 0 atom stereocenters. The van der Waals surface area contributed by atoms with Gasteiger partial charge in [0.25, 0.3) is 0 Å². The Balaban J connectivity index is 2.41. The summed E-state index contributed by atoms with van der Waals surface area (Å²) in [7, 11) is 1.64. The zero-order chi connectivity index (χ0) is 12.3. The SMILES string of the molecule is COc1cncc(-c2cc(C(C)C)ccn2)c1. The summed E-state index contributed by atoms with van der Waals surface area (Å²) < 4.78 is 5.16. The van der Waals surface area contributed by atoms with Gasteiger partial charge in [-0.3, -0.25) is 9.97 Å². The molecule has 0 aliphatic heterocycles. The molecule has 0 saturated carbocycles. The molecule has 88 valence electrons. The molecule has 3 heteroatoms. The first-order chi connectivity index (χ1) is 8.20. The van der Waals surface area contributed by atoms with Gasteiger partial charge in [-0.25, -0.2) is 0 Å². The molecular weight excluding hydrogens is 212 g/mol. The molecule has 3 nitrogen and oxygen atoms in total. The van der Waals surface area contributed by atoms with Crippen LogP contribution in [0.2, 0.25) is 0 Å². The second-order valence-electron chi connectivity index (χ2n) is 4.24. The maximum Gasteiger partial charge on any atom is 0.137 e. The van der Waals surface area contributed by atoms with E-state index < -0.39 is 0 Å². The fourth-order valence-corrected chi connectivity index (χ4v) is 1.63. The summed E-state index contributed by atoms with van der Waals surface area (Å²) in [6, 6.07) is 6.09. The molecule has 0 spiro atoms. The predicted octanol–water partition coefficient (Wildman–Crippen LogP) is 3.28. The first-order valence-corrected chi connectivity index (χ1v) is 5.66. The highest BCUT2D eigenvalue weighted by molar-refractivity contribution is 5.60. The van der Waals surface area contributed by atoms with Crippen molar-refractivity contribution in [3.8, 4) is 17.0 Å². The molecule has 2 heterocycles. The van der Waals surface area contributed by atoms with Gasteiger partial charge in [0.2, 0.25) is 0 Å². The van der Waals surface area contributed by atoms with Crippen molar-refractivity contribution in [2.24, 2.45) is 0 Å². The maximum absolute atomic E-state index is 5.16. The lowest BCUT2D eigenvalue weighted by Gasteiger charge is -2.08. The van der Waals surface area contributed by atoms with Gasteiger partial charge in [0.15, 0.2) is 0 Å². The van der Waals surface area contributed by atoms with Gasteiger partial charge < -0.3 is 4.74 Å². The Morgan fingerprint density at radius 1 is 1.18 bits per heavy atom. The summed E-state index contributed by atoms with van der Waals surface area (Å²) in [4.78, 5) is 8.51. The monoisotopic (exact) mass is 228 g/mol. The molecule has 2 rings (SSSR count). The Kier molecular flexibility index (Phi) is 3.38. The third kappa shape index (κ3) is 2.61. The van der Waals surface area contributed by atoms with E-state index in [2.05, 4.69) is 29.9 Å². The van der Waals surface area contributed by atoms with Crippen LogP contribution in [0.4, 0.5) is 0 Å². The van der Waals surface area contributed by atoms with E-state index in [0.29, 0.717) is 5.92 Å². The predicted molar refractivity (Wildman–Crippen MR) is 68.1 cm³/mol. The number of hydrogen-bond donors (Lipinski definition) is 0. The van der Waals surface area contributed by atoms with Gasteiger partial charge in [-0.2, -0.15) is 0 Å². The van der Waals surface area contributed by atoms with Crippen molar-refractivity contribution in [2.45, 2.75) is 19.8 Å². The highest BCUT2D eigenvalue weighted by atomic mass is 16.5. The molecule has 0 N–H and O–H groups in total. The summed E-state index contributed by atoms with van der Waals surface area (Å²) in [6.45, 7) is 4.34. The van der Waals surface area contributed by atoms with Crippen LogP contribution >= 0.6 is 0 Å². The molecule has 0 aliphatic carbocycles. The van der Waals surface area contributed by atoms with Crippen molar-refractivity contribution in [1.82, 2.24) is 9.97 Å². The first-order valence-electron chi connectivity index (χ1n) is 5.66. The second-order valence-corrected chi connectivity index (χ2v) is 4.24. The summed E-state index contributed by atoms with van der Waals surface area (Å²) in [5, 5.41) is 0. The van der Waals surface area contributed by atoms with E-state index in [1.165, 1.54) is 5.56 Å². The number of pyridine rings is 2. The van der Waals surface area contributed by atoms with Crippen LogP contribution in [0.1, 0.15) is 25.3 Å². The zero-order valence-corrected chi connectivity index (χ0v) is 10.3. The van der Waals surface area contributed by atoms with Crippen LogP contribution in [0, 0.1) is 0 Å². The third-order valence-electron chi connectivity index (χ3n) is 2.70. The molecule has 0 unspecified atom stereocenters. The Morgan fingerprint density at radius 3 is 2.71 bits per heavy atom. The van der Waals surface area contributed by atoms with E-state index in [-0.39, 0.29) is 0 Å². The van der Waals surface area contributed by atoms with Crippen molar-refractivity contribution in [3.05, 3.63) is 42.4 Å². The molecule has 0 fully saturated rings. The van der Waals surface area contributed by atoms with E-state index >= 15 is 0 Å². The lowest BCUT2D eigenvalue weighted by atomic mass is 10.0. The molecule has 17 heavy (non-hydrogen) atoms. The first kappa shape index (κ1) is 11.6. The van der Waals surface area contributed by atoms with Gasteiger partial charge in [0.05, 0.1) is 19.0 Å². The summed E-state index contributed by atoms with van der Waals surface area (Å²) in [5.41, 5.74) is 3.19. The smallest absolute Gasteiger partial charge is 0.137 e. The highest BCUT2D eigenvalue weighted by Gasteiger charge is 2.05. The lowest BCUT2D eigenvalue weighted by molar-refractivity contribution is 0.413. The van der Waals surface area contributed by atoms with Gasteiger partial charge in [0.1, 0.15) is 5.75 Å². The molecule has 0 aromatic carbocycles. The average Bonchev–Trinajstić information content (AvgIpc) is 2.39. The molecule has 0 aliphatic rings. The Bertz CT molecular complexity index is 509. The van der Waals surface area contributed by atoms with Crippen molar-refractivity contribution in [2.75, 3.05) is 7.11 Å². The minimum atomic E-state index is 0.496. The van der Waals surface area contributed by atoms with Crippen LogP contribution in [-0.2, 0) is 0 Å². The van der Waals surface area contributed by atoms with Gasteiger partial charge in [0, 0.05) is 18.0 Å². The van der Waals surface area contributed by atoms with Crippen LogP contribution in [0.3, 0.4) is 0 Å². The number of hydrogen-bond acceptors (Lipinski definition) is 3. The molecule has 0 bridgehead atoms. The van der Waals surface area contributed by atoms with Crippen molar-refractivity contribution in [3.63, 3.8) is 0 Å². The van der Waals surface area contributed by atoms with Crippen LogP contribution in [0.5, 0.6) is 5.75 Å². The van der Waals surface area contributed by atoms with Gasteiger partial charge in [-0.05, 0) is 29.7 Å². The molecule has 0 radical (unpaired) electrons. The second kappa shape index (κ2) is 4.95. The summed E-state index contributed by atoms with van der Waals surface area (Å²) >= 11 is 0. The van der Waals surface area contributed by atoms with E-state index in [0.717, 1.165) is 17.0 Å². The fraction of sp³-hybridized carbons (Fsp3) is 0.286. The van der Waals surface area contributed by atoms with Crippen molar-refractivity contribution in [1.29, 1.82) is 0 Å². The zero-order valence-electron chi connectivity index (χ0n) is 10.3. The fourth-order valence-electron chi connectivity index (χ4n) is 1.63. The van der Waals surface area contributed by atoms with Crippen molar-refractivity contribution >= 4 is 0 Å². The number of methoxy groups -OCH3 is 1. The lowest BCUT2D eigenvalue weighted by Crippen LogP contribution is -1.92. The van der Waals surface area contributed by atoms with Gasteiger partial charge in [-0.15, -0.1) is 0 Å². The molecular formula is C14H16N2O.